The van der Waals surface area contributed by atoms with Crippen LogP contribution in [0.3, 0.4) is 0 Å². The monoisotopic (exact) mass is 183 g/mol. The highest BCUT2D eigenvalue weighted by Gasteiger charge is 2.06. The van der Waals surface area contributed by atoms with Gasteiger partial charge in [0, 0.05) is 0 Å². The van der Waals surface area contributed by atoms with E-state index in [-0.39, 0.29) is 0 Å². The van der Waals surface area contributed by atoms with E-state index in [4.69, 9.17) is 10.4 Å². The van der Waals surface area contributed by atoms with Crippen molar-refractivity contribution >= 4 is 5.97 Å². The van der Waals surface area contributed by atoms with Crippen LogP contribution in [0.2, 0.25) is 0 Å². The molecule has 0 aromatic heterocycles. The van der Waals surface area contributed by atoms with Crippen molar-refractivity contribution in [3.63, 3.8) is 0 Å². The molecule has 0 bridgehead atoms. The number of carboxylic acids is 1. The second kappa shape index (κ2) is 7.60. The molecule has 1 N–H and O–H groups in total. The van der Waals surface area contributed by atoms with Crippen LogP contribution in [0.1, 0.15) is 45.4 Å². The fourth-order valence-corrected chi connectivity index (χ4v) is 1.12. The molecule has 0 heterocycles. The van der Waals surface area contributed by atoms with Crippen molar-refractivity contribution in [2.24, 2.45) is 5.92 Å². The SMILES string of the molecule is C1CCCCC1.CC(C#N)C(=O)O. The average molecular weight is 183 g/mol. The highest BCUT2D eigenvalue weighted by molar-refractivity contribution is 5.72. The fraction of sp³-hybridized carbons (Fsp3) is 0.800. The van der Waals surface area contributed by atoms with E-state index in [0.717, 1.165) is 0 Å². The molecule has 1 saturated carbocycles. The molecule has 3 nitrogen and oxygen atoms in total. The normalized spacial score (nSPS) is 17.5. The summed E-state index contributed by atoms with van der Waals surface area (Å²) in [5, 5.41) is 15.8. The predicted molar refractivity (Wildman–Crippen MR) is 50.1 cm³/mol. The smallest absolute Gasteiger partial charge is 0.320 e. The minimum atomic E-state index is -1.07. The molecule has 1 rings (SSSR count). The van der Waals surface area contributed by atoms with Gasteiger partial charge in [0.05, 0.1) is 6.07 Å². The topological polar surface area (TPSA) is 61.1 Å². The third kappa shape index (κ3) is 7.32. The molecule has 0 aliphatic heterocycles. The summed E-state index contributed by atoms with van der Waals surface area (Å²) in [4.78, 5) is 9.71. The lowest BCUT2D eigenvalue weighted by Crippen LogP contribution is -2.05. The van der Waals surface area contributed by atoms with E-state index in [1.807, 2.05) is 0 Å². The van der Waals surface area contributed by atoms with Gasteiger partial charge in [0.25, 0.3) is 0 Å². The first-order chi connectivity index (χ1) is 6.18. The number of carboxylic acid groups (broad SMARTS) is 1. The van der Waals surface area contributed by atoms with Gasteiger partial charge in [0.1, 0.15) is 5.92 Å². The van der Waals surface area contributed by atoms with Crippen LogP contribution in [0.25, 0.3) is 0 Å². The van der Waals surface area contributed by atoms with E-state index in [1.54, 1.807) is 6.07 Å². The summed E-state index contributed by atoms with van der Waals surface area (Å²) in [6.07, 6.45) is 9.00. The largest absolute Gasteiger partial charge is 0.480 e. The zero-order chi connectivity index (χ0) is 10.1. The van der Waals surface area contributed by atoms with E-state index >= 15 is 0 Å². The van der Waals surface area contributed by atoms with Crippen molar-refractivity contribution in [1.82, 2.24) is 0 Å². The summed E-state index contributed by atoms with van der Waals surface area (Å²) in [5.74, 6) is -1.94. The van der Waals surface area contributed by atoms with Gasteiger partial charge < -0.3 is 5.11 Å². The van der Waals surface area contributed by atoms with Crippen molar-refractivity contribution < 1.29 is 9.90 Å². The van der Waals surface area contributed by atoms with Crippen LogP contribution >= 0.6 is 0 Å². The second-order valence-electron chi connectivity index (χ2n) is 3.31. The standard InChI is InChI=1S/C6H12.C4H5NO2/c1-2-4-6-5-3-1;1-3(2-5)4(6)7/h1-6H2;3H,1H3,(H,6,7). The van der Waals surface area contributed by atoms with Gasteiger partial charge in [-0.25, -0.2) is 0 Å². The van der Waals surface area contributed by atoms with Crippen LogP contribution in [-0.2, 0) is 4.79 Å². The molecular formula is C10H17NO2. The zero-order valence-corrected chi connectivity index (χ0v) is 8.12. The Balaban J connectivity index is 0.000000223. The van der Waals surface area contributed by atoms with Gasteiger partial charge in [-0.05, 0) is 6.92 Å². The van der Waals surface area contributed by atoms with Crippen LogP contribution in [0.4, 0.5) is 0 Å². The molecule has 0 aromatic rings. The Bertz CT molecular complexity index is 168. The van der Waals surface area contributed by atoms with Crippen molar-refractivity contribution in [2.75, 3.05) is 0 Å². The highest BCUT2D eigenvalue weighted by atomic mass is 16.4. The van der Waals surface area contributed by atoms with Crippen molar-refractivity contribution in [3.05, 3.63) is 0 Å². The highest BCUT2D eigenvalue weighted by Crippen LogP contribution is 2.15. The van der Waals surface area contributed by atoms with Gasteiger partial charge in [-0.2, -0.15) is 5.26 Å². The van der Waals surface area contributed by atoms with Gasteiger partial charge >= 0.3 is 5.97 Å². The lowest BCUT2D eigenvalue weighted by Gasteiger charge is -2.05. The van der Waals surface area contributed by atoms with Crippen LogP contribution in [0.15, 0.2) is 0 Å². The molecular weight excluding hydrogens is 166 g/mol. The van der Waals surface area contributed by atoms with Gasteiger partial charge in [0.15, 0.2) is 0 Å². The first-order valence-corrected chi connectivity index (χ1v) is 4.81. The molecule has 0 saturated heterocycles. The van der Waals surface area contributed by atoms with E-state index in [0.29, 0.717) is 0 Å². The summed E-state index contributed by atoms with van der Waals surface area (Å²) in [6.45, 7) is 1.34. The molecule has 1 unspecified atom stereocenters. The Morgan fingerprint density at radius 1 is 1.23 bits per heavy atom. The van der Waals surface area contributed by atoms with Gasteiger partial charge in [-0.15, -0.1) is 0 Å². The average Bonchev–Trinajstić information content (AvgIpc) is 2.20. The van der Waals surface area contributed by atoms with Crippen molar-refractivity contribution in [1.29, 1.82) is 5.26 Å². The van der Waals surface area contributed by atoms with Crippen LogP contribution in [0.5, 0.6) is 0 Å². The van der Waals surface area contributed by atoms with Crippen molar-refractivity contribution in [3.8, 4) is 6.07 Å². The second-order valence-corrected chi connectivity index (χ2v) is 3.31. The Morgan fingerprint density at radius 3 is 1.62 bits per heavy atom. The summed E-state index contributed by atoms with van der Waals surface area (Å²) < 4.78 is 0. The molecule has 1 aliphatic rings. The Hall–Kier alpha value is -1.04. The summed E-state index contributed by atoms with van der Waals surface area (Å²) in [7, 11) is 0. The van der Waals surface area contributed by atoms with E-state index in [9.17, 15) is 4.79 Å². The van der Waals surface area contributed by atoms with E-state index in [2.05, 4.69) is 0 Å². The van der Waals surface area contributed by atoms with Gasteiger partial charge in [0.2, 0.25) is 0 Å². The predicted octanol–water partition coefficient (Wildman–Crippen LogP) is 2.57. The van der Waals surface area contributed by atoms with Crippen LogP contribution < -0.4 is 0 Å². The quantitative estimate of drug-likeness (QED) is 0.679. The van der Waals surface area contributed by atoms with E-state index in [1.165, 1.54) is 45.4 Å². The molecule has 0 spiro atoms. The maximum Gasteiger partial charge on any atom is 0.320 e. The Kier molecular flexibility index (Phi) is 6.99. The minimum absolute atomic E-state index is 0.875. The number of hydrogen-bond donors (Lipinski definition) is 1. The van der Waals surface area contributed by atoms with Gasteiger partial charge in [-0.1, -0.05) is 38.5 Å². The van der Waals surface area contributed by atoms with E-state index < -0.39 is 11.9 Å². The molecule has 1 atom stereocenters. The fourth-order valence-electron chi connectivity index (χ4n) is 1.12. The lowest BCUT2D eigenvalue weighted by atomic mass is 10.0. The van der Waals surface area contributed by atoms with Crippen LogP contribution in [-0.4, -0.2) is 11.1 Å². The molecule has 0 aromatic carbocycles. The summed E-state index contributed by atoms with van der Waals surface area (Å²) in [6, 6.07) is 1.56. The van der Waals surface area contributed by atoms with Crippen LogP contribution in [0, 0.1) is 17.2 Å². The molecule has 1 fully saturated rings. The molecule has 3 heteroatoms. The number of rotatable bonds is 1. The molecule has 74 valence electrons. The third-order valence-corrected chi connectivity index (χ3v) is 2.06. The van der Waals surface area contributed by atoms with Gasteiger partial charge in [-0.3, -0.25) is 4.79 Å². The number of nitrogens with zero attached hydrogens (tertiary/aromatic N) is 1. The molecule has 0 radical (unpaired) electrons. The minimum Gasteiger partial charge on any atom is -0.480 e. The summed E-state index contributed by atoms with van der Waals surface area (Å²) >= 11 is 0. The maximum atomic E-state index is 9.71. The third-order valence-electron chi connectivity index (χ3n) is 2.06. The first-order valence-electron chi connectivity index (χ1n) is 4.81. The maximum absolute atomic E-state index is 9.71. The molecule has 1 aliphatic carbocycles. The zero-order valence-electron chi connectivity index (χ0n) is 8.12. The number of carbonyl (C=O) groups is 1. The first kappa shape index (κ1) is 12.0. The number of hydrogen-bond acceptors (Lipinski definition) is 2. The number of nitriles is 1. The molecule has 0 amide bonds. The van der Waals surface area contributed by atoms with Crippen molar-refractivity contribution in [2.45, 2.75) is 45.4 Å². The lowest BCUT2D eigenvalue weighted by molar-refractivity contribution is -0.139. The Morgan fingerprint density at radius 2 is 1.54 bits per heavy atom. The Labute approximate surface area is 79.4 Å². The number of aliphatic carboxylic acids is 1. The summed E-state index contributed by atoms with van der Waals surface area (Å²) in [5.41, 5.74) is 0. The molecule has 13 heavy (non-hydrogen) atoms.